The Morgan fingerprint density at radius 1 is 1.38 bits per heavy atom. The summed E-state index contributed by atoms with van der Waals surface area (Å²) in [5.41, 5.74) is 10.0. The smallest absolute Gasteiger partial charge is 0.119 e. The average molecular weight is 178 g/mol. The van der Waals surface area contributed by atoms with Gasteiger partial charge < -0.3 is 4.74 Å². The molecule has 1 aromatic rings. The first-order valence-electron chi connectivity index (χ1n) is 4.09. The third kappa shape index (κ3) is 1.57. The molecule has 0 aliphatic carbocycles. The number of quaternary nitrogens is 1. The quantitative estimate of drug-likeness (QED) is 0.539. The van der Waals surface area contributed by atoms with Gasteiger partial charge in [-0.15, -0.1) is 0 Å². The van der Waals surface area contributed by atoms with E-state index >= 15 is 0 Å². The summed E-state index contributed by atoms with van der Waals surface area (Å²) >= 11 is 0. The number of methoxy groups -OCH3 is 1. The molecule has 0 bridgehead atoms. The van der Waals surface area contributed by atoms with Crippen LogP contribution in [0, 0.1) is 0 Å². The normalized spacial score (nSPS) is 14.4. The van der Waals surface area contributed by atoms with Gasteiger partial charge in [-0.3, -0.25) is 0 Å². The third-order valence-corrected chi connectivity index (χ3v) is 1.92. The van der Waals surface area contributed by atoms with E-state index < -0.39 is 0 Å². The van der Waals surface area contributed by atoms with Crippen LogP contribution in [0.3, 0.4) is 0 Å². The van der Waals surface area contributed by atoms with Crippen molar-refractivity contribution >= 4 is 5.70 Å². The zero-order valence-corrected chi connectivity index (χ0v) is 7.37. The highest BCUT2D eigenvalue weighted by Crippen LogP contribution is 2.17. The summed E-state index contributed by atoms with van der Waals surface area (Å²) in [6.45, 7) is 0. The Kier molecular flexibility index (Phi) is 2.06. The summed E-state index contributed by atoms with van der Waals surface area (Å²) in [6.07, 6.45) is 1.91. The van der Waals surface area contributed by atoms with Crippen LogP contribution in [0.1, 0.15) is 5.56 Å². The summed E-state index contributed by atoms with van der Waals surface area (Å²) in [6, 6.07) is 7.91. The summed E-state index contributed by atoms with van der Waals surface area (Å²) in [4.78, 5) is 0. The fraction of sp³-hybridized carbons (Fsp3) is 0.111. The van der Waals surface area contributed by atoms with Crippen LogP contribution < -0.4 is 21.1 Å². The van der Waals surface area contributed by atoms with Crippen LogP contribution in [0.4, 0.5) is 0 Å². The van der Waals surface area contributed by atoms with Gasteiger partial charge in [0.2, 0.25) is 0 Å². The molecule has 1 aromatic carbocycles. The largest absolute Gasteiger partial charge is 0.497 e. The molecule has 0 amide bonds. The zero-order valence-electron chi connectivity index (χ0n) is 7.37. The lowest BCUT2D eigenvalue weighted by atomic mass is 10.1. The molecule has 68 valence electrons. The third-order valence-electron chi connectivity index (χ3n) is 1.92. The minimum atomic E-state index is 0.868. The van der Waals surface area contributed by atoms with Gasteiger partial charge in [-0.2, -0.15) is 5.53 Å². The van der Waals surface area contributed by atoms with Gasteiger partial charge in [0.15, 0.2) is 0 Å². The maximum Gasteiger partial charge on any atom is 0.119 e. The van der Waals surface area contributed by atoms with E-state index in [1.54, 1.807) is 12.6 Å². The molecule has 0 saturated carbocycles. The SMILES string of the molecule is COc1cccc(C2=CN[NH2+]N2)c1. The lowest BCUT2D eigenvalue weighted by Crippen LogP contribution is -2.96. The maximum absolute atomic E-state index is 5.13. The number of nitrogens with two attached hydrogens (primary N) is 1. The van der Waals surface area contributed by atoms with E-state index in [1.807, 2.05) is 30.5 Å². The van der Waals surface area contributed by atoms with Gasteiger partial charge >= 0.3 is 0 Å². The summed E-state index contributed by atoms with van der Waals surface area (Å²) in [7, 11) is 1.67. The Bertz CT molecular complexity index is 335. The second-order valence-electron chi connectivity index (χ2n) is 2.75. The van der Waals surface area contributed by atoms with Crippen LogP contribution in [0.2, 0.25) is 0 Å². The molecular formula is C9H12N3O+. The first-order valence-corrected chi connectivity index (χ1v) is 4.09. The van der Waals surface area contributed by atoms with E-state index in [0.717, 1.165) is 17.0 Å². The first kappa shape index (κ1) is 7.94. The summed E-state index contributed by atoms with van der Waals surface area (Å²) in [5.74, 6) is 0.868. The van der Waals surface area contributed by atoms with E-state index in [2.05, 4.69) is 10.9 Å². The fourth-order valence-electron chi connectivity index (χ4n) is 1.24. The molecule has 0 spiro atoms. The average Bonchev–Trinajstić information content (AvgIpc) is 2.71. The predicted octanol–water partition coefficient (Wildman–Crippen LogP) is -0.420. The van der Waals surface area contributed by atoms with Gasteiger partial charge in [-0.05, 0) is 12.1 Å². The number of hydrogen-bond donors (Lipinski definition) is 3. The molecule has 0 atom stereocenters. The molecule has 13 heavy (non-hydrogen) atoms. The maximum atomic E-state index is 5.13. The highest BCUT2D eigenvalue weighted by Gasteiger charge is 2.08. The molecule has 0 saturated heterocycles. The van der Waals surface area contributed by atoms with Crippen molar-refractivity contribution in [3.8, 4) is 5.75 Å². The van der Waals surface area contributed by atoms with Gasteiger partial charge in [-0.25, -0.2) is 10.9 Å². The van der Waals surface area contributed by atoms with Crippen molar-refractivity contribution in [3.63, 3.8) is 0 Å². The molecule has 0 fully saturated rings. The van der Waals surface area contributed by atoms with Crippen molar-refractivity contribution in [1.82, 2.24) is 10.9 Å². The second kappa shape index (κ2) is 3.37. The van der Waals surface area contributed by atoms with Gasteiger partial charge in [0.05, 0.1) is 13.3 Å². The van der Waals surface area contributed by atoms with Crippen LogP contribution in [0.25, 0.3) is 5.70 Å². The molecule has 4 N–H and O–H groups in total. The van der Waals surface area contributed by atoms with Crippen molar-refractivity contribution in [2.45, 2.75) is 0 Å². The molecule has 1 heterocycles. The van der Waals surface area contributed by atoms with Gasteiger partial charge in [0.25, 0.3) is 0 Å². The molecule has 2 rings (SSSR count). The molecule has 1 aliphatic rings. The highest BCUT2D eigenvalue weighted by atomic mass is 16.5. The number of benzene rings is 1. The monoisotopic (exact) mass is 178 g/mol. The van der Waals surface area contributed by atoms with E-state index in [4.69, 9.17) is 4.74 Å². The van der Waals surface area contributed by atoms with Crippen LogP contribution in [-0.2, 0) is 0 Å². The number of ether oxygens (including phenoxy) is 1. The second-order valence-corrected chi connectivity index (χ2v) is 2.75. The van der Waals surface area contributed by atoms with E-state index in [9.17, 15) is 0 Å². The Morgan fingerprint density at radius 3 is 3.00 bits per heavy atom. The standard InChI is InChI=1S/C9H11N3O/c1-13-8-4-2-3-7(5-8)9-6-10-12-11-9/h2-6,10-12H,1H3/p+1. The first-order chi connectivity index (χ1) is 6.40. The van der Waals surface area contributed by atoms with Crippen molar-refractivity contribution in [3.05, 3.63) is 36.0 Å². The molecule has 4 heteroatoms. The number of hydrogen-bond acceptors (Lipinski definition) is 3. The number of rotatable bonds is 2. The van der Waals surface area contributed by atoms with Crippen LogP contribution in [-0.4, -0.2) is 7.11 Å². The molecule has 0 radical (unpaired) electrons. The molecule has 0 aromatic heterocycles. The van der Waals surface area contributed by atoms with E-state index in [-0.39, 0.29) is 0 Å². The minimum absolute atomic E-state index is 0.868. The molecular weight excluding hydrogens is 166 g/mol. The van der Waals surface area contributed by atoms with Crippen LogP contribution >= 0.6 is 0 Å². The minimum Gasteiger partial charge on any atom is -0.497 e. The Hall–Kier alpha value is -1.68. The van der Waals surface area contributed by atoms with Gasteiger partial charge in [0, 0.05) is 5.56 Å². The predicted molar refractivity (Wildman–Crippen MR) is 49.2 cm³/mol. The Labute approximate surface area is 76.5 Å². The summed E-state index contributed by atoms with van der Waals surface area (Å²) < 4.78 is 5.13. The van der Waals surface area contributed by atoms with E-state index in [1.165, 1.54) is 0 Å². The van der Waals surface area contributed by atoms with Gasteiger partial charge in [0.1, 0.15) is 11.4 Å². The van der Waals surface area contributed by atoms with Crippen LogP contribution in [0.5, 0.6) is 5.75 Å². The lowest BCUT2D eigenvalue weighted by Gasteiger charge is -2.03. The van der Waals surface area contributed by atoms with Crippen molar-refractivity contribution < 1.29 is 10.3 Å². The van der Waals surface area contributed by atoms with Crippen LogP contribution in [0.15, 0.2) is 30.5 Å². The van der Waals surface area contributed by atoms with E-state index in [0.29, 0.717) is 0 Å². The Balaban J connectivity index is 2.29. The Morgan fingerprint density at radius 2 is 2.31 bits per heavy atom. The highest BCUT2D eigenvalue weighted by molar-refractivity contribution is 5.64. The van der Waals surface area contributed by atoms with Crippen molar-refractivity contribution in [2.24, 2.45) is 0 Å². The summed E-state index contributed by atoms with van der Waals surface area (Å²) in [5, 5.41) is 0. The molecule has 0 unspecified atom stereocenters. The fourth-order valence-corrected chi connectivity index (χ4v) is 1.24. The topological polar surface area (TPSA) is 49.9 Å². The molecule has 4 nitrogen and oxygen atoms in total. The number of nitrogens with one attached hydrogen (secondary N) is 2. The van der Waals surface area contributed by atoms with Gasteiger partial charge in [-0.1, -0.05) is 12.1 Å². The zero-order chi connectivity index (χ0) is 9.10. The lowest BCUT2D eigenvalue weighted by molar-refractivity contribution is -0.736. The van der Waals surface area contributed by atoms with Crippen molar-refractivity contribution in [2.75, 3.05) is 7.11 Å². The van der Waals surface area contributed by atoms with Crippen molar-refractivity contribution in [1.29, 1.82) is 0 Å². The molecule has 1 aliphatic heterocycles.